The number of hydrogen-bond acceptors (Lipinski definition) is 3. The minimum atomic E-state index is 0.274. The van der Waals surface area contributed by atoms with E-state index in [4.69, 9.17) is 4.74 Å². The molecule has 0 bridgehead atoms. The van der Waals surface area contributed by atoms with E-state index < -0.39 is 0 Å². The first-order valence-electron chi connectivity index (χ1n) is 6.70. The van der Waals surface area contributed by atoms with Crippen LogP contribution in [0, 0.1) is 0 Å². The van der Waals surface area contributed by atoms with E-state index >= 15 is 0 Å². The molecule has 1 N–H and O–H groups in total. The highest BCUT2D eigenvalue weighted by Crippen LogP contribution is 2.25. The summed E-state index contributed by atoms with van der Waals surface area (Å²) in [4.78, 5) is 10.8. The van der Waals surface area contributed by atoms with Crippen molar-refractivity contribution in [3.63, 3.8) is 0 Å². The largest absolute Gasteiger partial charge is 0.493 e. The van der Waals surface area contributed by atoms with E-state index in [0.717, 1.165) is 44.7 Å². The van der Waals surface area contributed by atoms with Crippen LogP contribution < -0.4 is 10.1 Å². The summed E-state index contributed by atoms with van der Waals surface area (Å²) in [5.74, 6) is 1.32. The van der Waals surface area contributed by atoms with Gasteiger partial charge in [-0.15, -0.1) is 0 Å². The smallest absolute Gasteiger partial charge is 0.129 e. The lowest BCUT2D eigenvalue weighted by atomic mass is 10.1. The van der Waals surface area contributed by atoms with E-state index in [-0.39, 0.29) is 5.78 Å². The second-order valence-corrected chi connectivity index (χ2v) is 4.85. The summed E-state index contributed by atoms with van der Waals surface area (Å²) in [6.07, 6.45) is 3.69. The first-order valence-corrected chi connectivity index (χ1v) is 6.70. The average Bonchev–Trinajstić information content (AvgIpc) is 2.80. The van der Waals surface area contributed by atoms with Crippen LogP contribution in [0.5, 0.6) is 5.75 Å². The Balaban J connectivity index is 1.66. The van der Waals surface area contributed by atoms with Gasteiger partial charge in [0.05, 0.1) is 6.61 Å². The number of ether oxygens (including phenoxy) is 1. The maximum absolute atomic E-state index is 10.8. The monoisotopic (exact) mass is 247 g/mol. The Kier molecular flexibility index (Phi) is 4.76. The lowest BCUT2D eigenvalue weighted by Gasteiger charge is -2.06. The van der Waals surface area contributed by atoms with Gasteiger partial charge in [-0.05, 0) is 50.0 Å². The van der Waals surface area contributed by atoms with Gasteiger partial charge in [0, 0.05) is 12.8 Å². The molecule has 0 saturated carbocycles. The summed E-state index contributed by atoms with van der Waals surface area (Å²) in [6, 6.07) is 6.47. The second kappa shape index (κ2) is 6.55. The standard InChI is InChI=1S/C15H21NO2/c1-12(17)3-2-8-16-9-6-13-4-5-15-14(11-13)7-10-18-15/h4-5,11,16H,2-3,6-10H2,1H3. The van der Waals surface area contributed by atoms with Crippen LogP contribution in [0.3, 0.4) is 0 Å². The lowest BCUT2D eigenvalue weighted by molar-refractivity contribution is -0.117. The molecule has 0 fully saturated rings. The van der Waals surface area contributed by atoms with Crippen molar-refractivity contribution in [3.05, 3.63) is 29.3 Å². The zero-order valence-electron chi connectivity index (χ0n) is 11.0. The Morgan fingerprint density at radius 2 is 2.28 bits per heavy atom. The molecular weight excluding hydrogens is 226 g/mol. The normalized spacial score (nSPS) is 13.2. The third kappa shape index (κ3) is 3.84. The van der Waals surface area contributed by atoms with Gasteiger partial charge in [-0.2, -0.15) is 0 Å². The van der Waals surface area contributed by atoms with Gasteiger partial charge in [-0.1, -0.05) is 12.1 Å². The summed E-state index contributed by atoms with van der Waals surface area (Å²) < 4.78 is 5.49. The van der Waals surface area contributed by atoms with Crippen LogP contribution >= 0.6 is 0 Å². The summed E-state index contributed by atoms with van der Waals surface area (Å²) >= 11 is 0. The topological polar surface area (TPSA) is 38.3 Å². The molecule has 3 heteroatoms. The number of nitrogens with one attached hydrogen (secondary N) is 1. The molecule has 1 aromatic rings. The Hall–Kier alpha value is -1.35. The minimum absolute atomic E-state index is 0.274. The molecule has 2 rings (SSSR count). The van der Waals surface area contributed by atoms with Crippen molar-refractivity contribution in [2.24, 2.45) is 0 Å². The molecule has 18 heavy (non-hydrogen) atoms. The van der Waals surface area contributed by atoms with Gasteiger partial charge in [0.15, 0.2) is 0 Å². The molecule has 0 radical (unpaired) electrons. The molecule has 1 heterocycles. The molecule has 0 amide bonds. The molecule has 0 aromatic heterocycles. The van der Waals surface area contributed by atoms with Crippen LogP contribution in [0.15, 0.2) is 18.2 Å². The third-order valence-corrected chi connectivity index (χ3v) is 3.23. The molecule has 3 nitrogen and oxygen atoms in total. The zero-order chi connectivity index (χ0) is 12.8. The van der Waals surface area contributed by atoms with Crippen molar-refractivity contribution < 1.29 is 9.53 Å². The predicted octanol–water partition coefficient (Wildman–Crippen LogP) is 2.12. The van der Waals surface area contributed by atoms with Gasteiger partial charge in [0.1, 0.15) is 11.5 Å². The molecule has 0 spiro atoms. The number of ketones is 1. The van der Waals surface area contributed by atoms with Gasteiger partial charge in [-0.3, -0.25) is 0 Å². The van der Waals surface area contributed by atoms with Crippen molar-refractivity contribution in [3.8, 4) is 5.75 Å². The highest BCUT2D eigenvalue weighted by atomic mass is 16.5. The summed E-state index contributed by atoms with van der Waals surface area (Å²) in [7, 11) is 0. The number of Topliss-reactive ketones (excluding diaryl/α,β-unsaturated/α-hetero) is 1. The van der Waals surface area contributed by atoms with Crippen LogP contribution in [0.25, 0.3) is 0 Å². The van der Waals surface area contributed by atoms with Gasteiger partial charge in [0.25, 0.3) is 0 Å². The van der Waals surface area contributed by atoms with E-state index in [1.54, 1.807) is 6.92 Å². The zero-order valence-corrected chi connectivity index (χ0v) is 11.0. The number of carbonyl (C=O) groups excluding carboxylic acids is 1. The SMILES string of the molecule is CC(=O)CCCNCCc1ccc2c(c1)CCO2. The highest BCUT2D eigenvalue weighted by Gasteiger charge is 2.11. The first-order chi connectivity index (χ1) is 8.75. The van der Waals surface area contributed by atoms with Gasteiger partial charge >= 0.3 is 0 Å². The van der Waals surface area contributed by atoms with Gasteiger partial charge in [0.2, 0.25) is 0 Å². The van der Waals surface area contributed by atoms with Crippen LogP contribution in [0.1, 0.15) is 30.9 Å². The van der Waals surface area contributed by atoms with E-state index in [1.165, 1.54) is 11.1 Å². The fraction of sp³-hybridized carbons (Fsp3) is 0.533. The van der Waals surface area contributed by atoms with E-state index in [1.807, 2.05) is 0 Å². The van der Waals surface area contributed by atoms with E-state index in [0.29, 0.717) is 6.42 Å². The third-order valence-electron chi connectivity index (χ3n) is 3.23. The molecule has 1 aliphatic rings. The number of benzene rings is 1. The molecular formula is C15H21NO2. The Morgan fingerprint density at radius 1 is 1.39 bits per heavy atom. The number of rotatable bonds is 7. The fourth-order valence-electron chi connectivity index (χ4n) is 2.22. The molecule has 0 saturated heterocycles. The van der Waals surface area contributed by atoms with Crippen molar-refractivity contribution >= 4 is 5.78 Å². The molecule has 1 aromatic carbocycles. The quantitative estimate of drug-likeness (QED) is 0.750. The molecule has 0 aliphatic carbocycles. The molecule has 0 unspecified atom stereocenters. The van der Waals surface area contributed by atoms with Gasteiger partial charge < -0.3 is 14.8 Å². The van der Waals surface area contributed by atoms with Crippen LogP contribution in [-0.4, -0.2) is 25.5 Å². The highest BCUT2D eigenvalue weighted by molar-refractivity contribution is 5.75. The van der Waals surface area contributed by atoms with Crippen LogP contribution in [-0.2, 0) is 17.6 Å². The number of fused-ring (bicyclic) bond motifs is 1. The minimum Gasteiger partial charge on any atom is -0.493 e. The maximum atomic E-state index is 10.8. The van der Waals surface area contributed by atoms with Crippen LogP contribution in [0.2, 0.25) is 0 Å². The Labute approximate surface area is 109 Å². The summed E-state index contributed by atoms with van der Waals surface area (Å²) in [6.45, 7) is 4.36. The maximum Gasteiger partial charge on any atom is 0.129 e. The number of hydrogen-bond donors (Lipinski definition) is 1. The van der Waals surface area contributed by atoms with E-state index in [2.05, 4.69) is 23.5 Å². The second-order valence-electron chi connectivity index (χ2n) is 4.85. The Morgan fingerprint density at radius 3 is 3.11 bits per heavy atom. The fourth-order valence-corrected chi connectivity index (χ4v) is 2.22. The van der Waals surface area contributed by atoms with E-state index in [9.17, 15) is 4.79 Å². The lowest BCUT2D eigenvalue weighted by Crippen LogP contribution is -2.19. The van der Waals surface area contributed by atoms with Crippen molar-refractivity contribution in [1.29, 1.82) is 0 Å². The van der Waals surface area contributed by atoms with Crippen LogP contribution in [0.4, 0.5) is 0 Å². The summed E-state index contributed by atoms with van der Waals surface area (Å²) in [5.41, 5.74) is 2.70. The van der Waals surface area contributed by atoms with Crippen molar-refractivity contribution in [2.45, 2.75) is 32.6 Å². The van der Waals surface area contributed by atoms with Gasteiger partial charge in [-0.25, -0.2) is 0 Å². The summed E-state index contributed by atoms with van der Waals surface area (Å²) in [5, 5.41) is 3.37. The molecule has 0 atom stereocenters. The number of carbonyl (C=O) groups is 1. The first kappa shape index (κ1) is 13.1. The molecule has 98 valence electrons. The Bertz CT molecular complexity index is 415. The predicted molar refractivity (Wildman–Crippen MR) is 72.1 cm³/mol. The van der Waals surface area contributed by atoms with Crippen molar-refractivity contribution in [1.82, 2.24) is 5.32 Å². The molecule has 1 aliphatic heterocycles. The average molecular weight is 247 g/mol. The van der Waals surface area contributed by atoms with Crippen molar-refractivity contribution in [2.75, 3.05) is 19.7 Å².